The summed E-state index contributed by atoms with van der Waals surface area (Å²) < 4.78 is 4.63. The third kappa shape index (κ3) is 9.93. The summed E-state index contributed by atoms with van der Waals surface area (Å²) in [5.74, 6) is 0. The van der Waals surface area contributed by atoms with Gasteiger partial charge >= 0.3 is 0 Å². The first-order valence-electron chi connectivity index (χ1n) is 2.60. The first kappa shape index (κ1) is 11.6. The van der Waals surface area contributed by atoms with Gasteiger partial charge in [0.05, 0.1) is 0 Å². The van der Waals surface area contributed by atoms with E-state index in [0.717, 1.165) is 12.8 Å². The van der Waals surface area contributed by atoms with Crippen molar-refractivity contribution in [3.8, 4) is 0 Å². The Morgan fingerprint density at radius 2 is 2.12 bits per heavy atom. The van der Waals surface area contributed by atoms with E-state index in [1.54, 1.807) is 0 Å². The van der Waals surface area contributed by atoms with Gasteiger partial charge in [-0.15, -0.1) is 0 Å². The Hall–Kier alpha value is 0.803. The van der Waals surface area contributed by atoms with E-state index in [1.165, 1.54) is 0 Å². The Balaban J connectivity index is 0. The van der Waals surface area contributed by atoms with Crippen molar-refractivity contribution in [1.82, 2.24) is 0 Å². The van der Waals surface area contributed by atoms with Crippen molar-refractivity contribution in [2.24, 2.45) is 0 Å². The molecule has 2 nitrogen and oxygen atoms in total. The summed E-state index contributed by atoms with van der Waals surface area (Å²) in [6.45, 7) is 2.63. The van der Waals surface area contributed by atoms with E-state index in [0.29, 0.717) is 6.61 Å². The van der Waals surface area contributed by atoms with Gasteiger partial charge in [-0.1, -0.05) is 13.3 Å². The minimum Gasteiger partial charge on any atom is -0.371 e. The third-order valence-electron chi connectivity index (χ3n) is 0.734. The molecule has 0 aromatic rings. The van der Waals surface area contributed by atoms with E-state index in [2.05, 4.69) is 11.7 Å². The van der Waals surface area contributed by atoms with E-state index in [1.807, 2.05) is 0 Å². The van der Waals surface area contributed by atoms with Crippen LogP contribution in [0.3, 0.4) is 0 Å². The second-order valence-corrected chi connectivity index (χ2v) is 1.39. The summed E-state index contributed by atoms with van der Waals surface area (Å²) in [6, 6.07) is 0. The molecule has 0 aliphatic heterocycles. The van der Waals surface area contributed by atoms with Crippen LogP contribution in [-0.4, -0.2) is 18.5 Å². The number of hydrogen-bond donors (Lipinski definition) is 1. The summed E-state index contributed by atoms with van der Waals surface area (Å²) in [7, 11) is 0. The van der Waals surface area contributed by atoms with Crippen LogP contribution < -0.4 is 0 Å². The van der Waals surface area contributed by atoms with Crippen LogP contribution in [0.1, 0.15) is 19.8 Å². The number of aliphatic hydroxyl groups excluding tert-OH is 1. The molecule has 0 saturated carbocycles. The molecule has 0 heterocycles. The van der Waals surface area contributed by atoms with Gasteiger partial charge in [0.25, 0.3) is 0 Å². The summed E-state index contributed by atoms with van der Waals surface area (Å²) in [6.07, 6.45) is 2.17. The molecule has 0 bridgehead atoms. The number of unbranched alkanes of at least 4 members (excludes halogenated alkanes) is 1. The molecule has 0 radical (unpaired) electrons. The molecule has 0 aliphatic rings. The topological polar surface area (TPSA) is 29.5 Å². The first-order valence-corrected chi connectivity index (χ1v) is 2.60. The van der Waals surface area contributed by atoms with E-state index in [4.69, 9.17) is 5.11 Å². The molecule has 0 fully saturated rings. The van der Waals surface area contributed by atoms with Crippen molar-refractivity contribution in [1.29, 1.82) is 0 Å². The summed E-state index contributed by atoms with van der Waals surface area (Å²) >= 11 is 0. The fourth-order valence-electron chi connectivity index (χ4n) is 0.311. The predicted molar refractivity (Wildman–Crippen MR) is 27.9 cm³/mol. The maximum Gasteiger partial charge on any atom is 0.143 e. The van der Waals surface area contributed by atoms with Crippen LogP contribution in [0.4, 0.5) is 0 Å². The van der Waals surface area contributed by atoms with Crippen LogP contribution in [0.15, 0.2) is 0 Å². The molecule has 0 aromatic carbocycles. The molecule has 1 N–H and O–H groups in total. The van der Waals surface area contributed by atoms with E-state index >= 15 is 0 Å². The maximum atomic E-state index is 8.07. The smallest absolute Gasteiger partial charge is 0.143 e. The minimum atomic E-state index is -0.139. The first-order chi connectivity index (χ1) is 3.41. The minimum absolute atomic E-state index is 0. The summed E-state index contributed by atoms with van der Waals surface area (Å²) in [4.78, 5) is 0. The average molecular weight is 195 g/mol. The molecule has 48 valence electrons. The van der Waals surface area contributed by atoms with Gasteiger partial charge in [-0.05, 0) is 6.42 Å². The van der Waals surface area contributed by atoms with Gasteiger partial charge in [0.15, 0.2) is 0 Å². The zero-order chi connectivity index (χ0) is 5.54. The Kier molecular flexibility index (Phi) is 15.5. The van der Waals surface area contributed by atoms with Crippen LogP contribution in [0.2, 0.25) is 0 Å². The van der Waals surface area contributed by atoms with Gasteiger partial charge in [0, 0.05) is 32.8 Å². The van der Waals surface area contributed by atoms with Crippen LogP contribution in [0.25, 0.3) is 0 Å². The molecule has 0 saturated heterocycles. The van der Waals surface area contributed by atoms with Crippen molar-refractivity contribution in [3.05, 3.63) is 0 Å². The normalized spacial score (nSPS) is 8.25. The number of ether oxygens (including phenoxy) is 1. The standard InChI is InChI=1S/C5H12O2.Zr/c1-2-3-4-7-5-6;/h6H,2-5H2,1H3;. The maximum absolute atomic E-state index is 8.07. The number of aliphatic hydroxyl groups is 1. The van der Waals surface area contributed by atoms with Crippen LogP contribution >= 0.6 is 0 Å². The largest absolute Gasteiger partial charge is 0.371 e. The van der Waals surface area contributed by atoms with Crippen LogP contribution in [-0.2, 0) is 30.9 Å². The van der Waals surface area contributed by atoms with Gasteiger partial charge in [-0.25, -0.2) is 0 Å². The summed E-state index contributed by atoms with van der Waals surface area (Å²) in [5.41, 5.74) is 0. The zero-order valence-corrected chi connectivity index (χ0v) is 7.64. The quantitative estimate of drug-likeness (QED) is 0.530. The van der Waals surface area contributed by atoms with Gasteiger partial charge in [0.2, 0.25) is 0 Å². The molecule has 0 rings (SSSR count). The van der Waals surface area contributed by atoms with Crippen molar-refractivity contribution in [2.75, 3.05) is 13.4 Å². The van der Waals surface area contributed by atoms with Crippen molar-refractivity contribution in [2.45, 2.75) is 19.8 Å². The van der Waals surface area contributed by atoms with E-state index in [-0.39, 0.29) is 33.0 Å². The molecular weight excluding hydrogens is 183 g/mol. The molecule has 0 amide bonds. The van der Waals surface area contributed by atoms with Gasteiger partial charge in [0.1, 0.15) is 6.79 Å². The van der Waals surface area contributed by atoms with Gasteiger partial charge in [-0.2, -0.15) is 0 Å². The van der Waals surface area contributed by atoms with E-state index in [9.17, 15) is 0 Å². The Morgan fingerprint density at radius 3 is 2.50 bits per heavy atom. The van der Waals surface area contributed by atoms with E-state index < -0.39 is 0 Å². The average Bonchev–Trinajstić information content (AvgIpc) is 1.69. The molecule has 0 aliphatic carbocycles. The number of rotatable bonds is 4. The second-order valence-electron chi connectivity index (χ2n) is 1.39. The SMILES string of the molecule is CCCCOCO.[Zr]. The van der Waals surface area contributed by atoms with Crippen molar-refractivity contribution in [3.63, 3.8) is 0 Å². The van der Waals surface area contributed by atoms with Gasteiger partial charge < -0.3 is 9.84 Å². The molecule has 0 atom stereocenters. The fourth-order valence-corrected chi connectivity index (χ4v) is 0.311. The number of hydrogen-bond acceptors (Lipinski definition) is 2. The molecular formula is C5H12O2Zr. The molecule has 0 spiro atoms. The Labute approximate surface area is 69.4 Å². The third-order valence-corrected chi connectivity index (χ3v) is 0.734. The van der Waals surface area contributed by atoms with Crippen molar-refractivity contribution < 1.29 is 36.0 Å². The molecule has 0 aromatic heterocycles. The Morgan fingerprint density at radius 1 is 1.50 bits per heavy atom. The Bertz CT molecular complexity index is 29.6. The molecule has 3 heteroatoms. The predicted octanol–water partition coefficient (Wildman–Crippen LogP) is 0.750. The summed E-state index contributed by atoms with van der Waals surface area (Å²) in [5, 5.41) is 8.07. The van der Waals surface area contributed by atoms with Gasteiger partial charge in [-0.3, -0.25) is 0 Å². The zero-order valence-electron chi connectivity index (χ0n) is 5.18. The fraction of sp³-hybridized carbons (Fsp3) is 1.00. The van der Waals surface area contributed by atoms with Crippen LogP contribution in [0, 0.1) is 0 Å². The molecule has 0 unspecified atom stereocenters. The van der Waals surface area contributed by atoms with Crippen LogP contribution in [0.5, 0.6) is 0 Å². The van der Waals surface area contributed by atoms with Crippen molar-refractivity contribution >= 4 is 0 Å². The second kappa shape index (κ2) is 10.7. The molecule has 8 heavy (non-hydrogen) atoms. The monoisotopic (exact) mass is 194 g/mol.